The number of carbonyl (C=O) groups is 2. The molecule has 2 N–H and O–H groups in total. The Labute approximate surface area is 111 Å². The Bertz CT molecular complexity index is 540. The molecule has 0 aromatic carbocycles. The third-order valence-corrected chi connectivity index (χ3v) is 3.44. The molecule has 0 bridgehead atoms. The molecule has 6 nitrogen and oxygen atoms in total. The zero-order valence-electron chi connectivity index (χ0n) is 11.3. The van der Waals surface area contributed by atoms with E-state index in [9.17, 15) is 14.7 Å². The van der Waals surface area contributed by atoms with Crippen molar-refractivity contribution in [3.05, 3.63) is 17.2 Å². The minimum atomic E-state index is -1.09. The SMILES string of the molecule is CC(C)(C)c1nc(C(=O)O)c2n1CCC(C(=O)O)C2. The molecule has 1 aliphatic rings. The average molecular weight is 266 g/mol. The Kier molecular flexibility index (Phi) is 3.12. The maximum atomic E-state index is 11.3. The van der Waals surface area contributed by atoms with Crippen LogP contribution in [0.15, 0.2) is 0 Å². The van der Waals surface area contributed by atoms with Gasteiger partial charge in [-0.2, -0.15) is 0 Å². The van der Waals surface area contributed by atoms with Crippen LogP contribution in [0, 0.1) is 5.92 Å². The van der Waals surface area contributed by atoms with Gasteiger partial charge < -0.3 is 14.8 Å². The second kappa shape index (κ2) is 4.36. The summed E-state index contributed by atoms with van der Waals surface area (Å²) in [7, 11) is 0. The fraction of sp³-hybridized carbons (Fsp3) is 0.615. The molecule has 0 radical (unpaired) electrons. The lowest BCUT2D eigenvalue weighted by Gasteiger charge is -2.26. The molecule has 0 aliphatic carbocycles. The molecule has 1 atom stereocenters. The fourth-order valence-corrected chi connectivity index (χ4v) is 2.51. The summed E-state index contributed by atoms with van der Waals surface area (Å²) in [4.78, 5) is 26.6. The van der Waals surface area contributed by atoms with Crippen molar-refractivity contribution < 1.29 is 19.8 Å². The zero-order valence-corrected chi connectivity index (χ0v) is 11.3. The summed E-state index contributed by atoms with van der Waals surface area (Å²) < 4.78 is 1.88. The van der Waals surface area contributed by atoms with Crippen LogP contribution in [0.1, 0.15) is 49.2 Å². The Morgan fingerprint density at radius 1 is 1.32 bits per heavy atom. The topological polar surface area (TPSA) is 92.4 Å². The van der Waals surface area contributed by atoms with Gasteiger partial charge in [0.2, 0.25) is 0 Å². The smallest absolute Gasteiger partial charge is 0.356 e. The van der Waals surface area contributed by atoms with E-state index in [0.717, 1.165) is 0 Å². The van der Waals surface area contributed by atoms with Gasteiger partial charge in [-0.3, -0.25) is 4.79 Å². The number of nitrogens with zero attached hydrogens (tertiary/aromatic N) is 2. The lowest BCUT2D eigenvalue weighted by molar-refractivity contribution is -0.142. The van der Waals surface area contributed by atoms with Crippen LogP contribution < -0.4 is 0 Å². The van der Waals surface area contributed by atoms with Crippen LogP contribution in [0.3, 0.4) is 0 Å². The van der Waals surface area contributed by atoms with Crippen LogP contribution in [0.4, 0.5) is 0 Å². The second-order valence-electron chi connectivity index (χ2n) is 5.97. The molecule has 1 aromatic heterocycles. The van der Waals surface area contributed by atoms with Crippen molar-refractivity contribution in [1.29, 1.82) is 0 Å². The molecule has 0 amide bonds. The maximum absolute atomic E-state index is 11.3. The van der Waals surface area contributed by atoms with Crippen LogP contribution in [0.2, 0.25) is 0 Å². The monoisotopic (exact) mass is 266 g/mol. The summed E-state index contributed by atoms with van der Waals surface area (Å²) in [5.74, 6) is -1.77. The minimum Gasteiger partial charge on any atom is -0.481 e. The predicted octanol–water partition coefficient (Wildman–Crippen LogP) is 1.53. The van der Waals surface area contributed by atoms with Crippen molar-refractivity contribution >= 4 is 11.9 Å². The van der Waals surface area contributed by atoms with E-state index in [-0.39, 0.29) is 17.5 Å². The van der Waals surface area contributed by atoms with Gasteiger partial charge in [-0.1, -0.05) is 20.8 Å². The molecular weight excluding hydrogens is 248 g/mol. The number of rotatable bonds is 2. The summed E-state index contributed by atoms with van der Waals surface area (Å²) in [6, 6.07) is 0. The third kappa shape index (κ3) is 2.34. The van der Waals surface area contributed by atoms with Gasteiger partial charge in [0, 0.05) is 18.4 Å². The highest BCUT2D eigenvalue weighted by molar-refractivity contribution is 5.87. The minimum absolute atomic E-state index is 0.00382. The van der Waals surface area contributed by atoms with E-state index in [1.807, 2.05) is 25.3 Å². The number of carboxylic acid groups (broad SMARTS) is 2. The van der Waals surface area contributed by atoms with Crippen molar-refractivity contribution in [2.24, 2.45) is 5.92 Å². The number of hydrogen-bond donors (Lipinski definition) is 2. The Morgan fingerprint density at radius 3 is 2.42 bits per heavy atom. The summed E-state index contributed by atoms with van der Waals surface area (Å²) in [6.07, 6.45) is 0.751. The molecule has 0 fully saturated rings. The van der Waals surface area contributed by atoms with Gasteiger partial charge in [-0.05, 0) is 6.42 Å². The molecule has 0 spiro atoms. The van der Waals surface area contributed by atoms with Gasteiger partial charge in [0.25, 0.3) is 0 Å². The van der Waals surface area contributed by atoms with E-state index < -0.39 is 17.9 Å². The standard InChI is InChI=1S/C13H18N2O4/c1-13(2,3)12-14-9(11(18)19)8-6-7(10(16)17)4-5-15(8)12/h7H,4-6H2,1-3H3,(H,16,17)(H,18,19). The first kappa shape index (κ1) is 13.6. The van der Waals surface area contributed by atoms with Gasteiger partial charge in [0.1, 0.15) is 5.82 Å². The van der Waals surface area contributed by atoms with Crippen molar-refractivity contribution in [2.75, 3.05) is 0 Å². The van der Waals surface area contributed by atoms with Crippen molar-refractivity contribution in [1.82, 2.24) is 9.55 Å². The van der Waals surface area contributed by atoms with Crippen LogP contribution in [0.5, 0.6) is 0 Å². The molecular formula is C13H18N2O4. The summed E-state index contributed by atoms with van der Waals surface area (Å²) >= 11 is 0. The molecule has 2 rings (SSSR count). The number of aromatic carboxylic acids is 1. The Balaban J connectivity index is 2.53. The molecule has 1 aromatic rings. The Morgan fingerprint density at radius 2 is 1.95 bits per heavy atom. The van der Waals surface area contributed by atoms with Gasteiger partial charge >= 0.3 is 11.9 Å². The van der Waals surface area contributed by atoms with Gasteiger partial charge in [-0.15, -0.1) is 0 Å². The predicted molar refractivity (Wildman–Crippen MR) is 67.3 cm³/mol. The van der Waals surface area contributed by atoms with E-state index in [4.69, 9.17) is 5.11 Å². The summed E-state index contributed by atoms with van der Waals surface area (Å²) in [5.41, 5.74) is 0.269. The fourth-order valence-electron chi connectivity index (χ4n) is 2.51. The first-order chi connectivity index (χ1) is 8.71. The van der Waals surface area contributed by atoms with E-state index >= 15 is 0 Å². The molecule has 1 unspecified atom stereocenters. The number of imidazole rings is 1. The molecule has 104 valence electrons. The van der Waals surface area contributed by atoms with Crippen molar-refractivity contribution in [2.45, 2.75) is 45.6 Å². The first-order valence-corrected chi connectivity index (χ1v) is 6.27. The number of aliphatic carboxylic acids is 1. The lowest BCUT2D eigenvalue weighted by atomic mass is 9.92. The van der Waals surface area contributed by atoms with Gasteiger partial charge in [0.05, 0.1) is 11.6 Å². The van der Waals surface area contributed by atoms with E-state index in [1.54, 1.807) is 0 Å². The molecule has 0 saturated heterocycles. The highest BCUT2D eigenvalue weighted by Gasteiger charge is 2.34. The van der Waals surface area contributed by atoms with Crippen LogP contribution in [-0.4, -0.2) is 31.7 Å². The van der Waals surface area contributed by atoms with Crippen LogP contribution >= 0.6 is 0 Å². The normalized spacial score (nSPS) is 19.0. The number of carboxylic acids is 2. The van der Waals surface area contributed by atoms with Crippen molar-refractivity contribution in [3.63, 3.8) is 0 Å². The number of hydrogen-bond acceptors (Lipinski definition) is 3. The molecule has 2 heterocycles. The maximum Gasteiger partial charge on any atom is 0.356 e. The van der Waals surface area contributed by atoms with Crippen LogP contribution in [0.25, 0.3) is 0 Å². The number of fused-ring (bicyclic) bond motifs is 1. The van der Waals surface area contributed by atoms with E-state index in [1.165, 1.54) is 0 Å². The third-order valence-electron chi connectivity index (χ3n) is 3.44. The quantitative estimate of drug-likeness (QED) is 0.846. The number of aromatic nitrogens is 2. The highest BCUT2D eigenvalue weighted by atomic mass is 16.4. The van der Waals surface area contributed by atoms with E-state index in [0.29, 0.717) is 24.5 Å². The Hall–Kier alpha value is -1.85. The first-order valence-electron chi connectivity index (χ1n) is 6.27. The van der Waals surface area contributed by atoms with Crippen LogP contribution in [-0.2, 0) is 23.2 Å². The second-order valence-corrected chi connectivity index (χ2v) is 5.97. The molecule has 19 heavy (non-hydrogen) atoms. The summed E-state index contributed by atoms with van der Waals surface area (Å²) in [6.45, 7) is 6.42. The highest BCUT2D eigenvalue weighted by Crippen LogP contribution is 2.30. The van der Waals surface area contributed by atoms with Gasteiger partial charge in [0.15, 0.2) is 5.69 Å². The lowest BCUT2D eigenvalue weighted by Crippen LogP contribution is -2.29. The zero-order chi connectivity index (χ0) is 14.4. The molecule has 1 aliphatic heterocycles. The average Bonchev–Trinajstić information content (AvgIpc) is 2.66. The summed E-state index contributed by atoms with van der Waals surface area (Å²) in [5, 5.41) is 18.3. The van der Waals surface area contributed by atoms with E-state index in [2.05, 4.69) is 4.98 Å². The van der Waals surface area contributed by atoms with Crippen molar-refractivity contribution in [3.8, 4) is 0 Å². The molecule has 6 heteroatoms. The van der Waals surface area contributed by atoms with Gasteiger partial charge in [-0.25, -0.2) is 9.78 Å². The largest absolute Gasteiger partial charge is 0.481 e. The molecule has 0 saturated carbocycles.